The molecule has 1 aromatic carbocycles. The van der Waals surface area contributed by atoms with Crippen LogP contribution >= 0.6 is 0 Å². The Morgan fingerprint density at radius 1 is 0.923 bits per heavy atom. The number of hydrogen-bond donors (Lipinski definition) is 5. The summed E-state index contributed by atoms with van der Waals surface area (Å²) < 4.78 is 22.0. The van der Waals surface area contributed by atoms with E-state index in [1.165, 1.54) is 12.5 Å². The minimum Gasteiger partial charge on any atom is -0.479 e. The summed E-state index contributed by atoms with van der Waals surface area (Å²) in [6, 6.07) is 10.1. The number of benzene rings is 1. The lowest BCUT2D eigenvalue weighted by molar-refractivity contribution is -0.374. The minimum atomic E-state index is -3.84. The number of aryl methyl sites for hydroxylation is 1. The number of unbranched alkanes of at least 4 members (excludes halogenated alkanes) is 4. The molecule has 0 radical (unpaired) electrons. The Labute approximate surface area is 304 Å². The fourth-order valence-electron chi connectivity index (χ4n) is 7.09. The van der Waals surface area contributed by atoms with Crippen LogP contribution in [0.1, 0.15) is 110 Å². The predicted molar refractivity (Wildman–Crippen MR) is 185 cm³/mol. The van der Waals surface area contributed by atoms with Gasteiger partial charge in [0.15, 0.2) is 6.10 Å². The Bertz CT molecular complexity index is 1400. The number of allylic oxidation sites excluding steroid dienone is 2. The summed E-state index contributed by atoms with van der Waals surface area (Å²) in [5.74, 6) is -10.5. The van der Waals surface area contributed by atoms with Gasteiger partial charge in [-0.25, -0.2) is 14.4 Å². The molecule has 290 valence electrons. The molecule has 2 saturated heterocycles. The molecule has 1 aromatic rings. The monoisotopic (exact) mass is 734 g/mol. The summed E-state index contributed by atoms with van der Waals surface area (Å²) in [6.07, 6.45) is 3.43. The zero-order valence-electron chi connectivity index (χ0n) is 30.2. The average Bonchev–Trinajstić information content (AvgIpc) is 3.30. The second-order valence-corrected chi connectivity index (χ2v) is 13.9. The highest BCUT2D eigenvalue weighted by molar-refractivity contribution is 5.98. The number of hydrogen-bond acceptors (Lipinski definition) is 11. The number of carbonyl (C=O) groups excluding carboxylic acids is 2. The van der Waals surface area contributed by atoms with Crippen LogP contribution in [0, 0.1) is 5.92 Å². The molecule has 2 bridgehead atoms. The van der Waals surface area contributed by atoms with Crippen LogP contribution in [-0.2, 0) is 49.3 Å². The third-order valence-electron chi connectivity index (χ3n) is 9.82. The van der Waals surface area contributed by atoms with Gasteiger partial charge >= 0.3 is 29.8 Å². The zero-order chi connectivity index (χ0) is 38.5. The first-order chi connectivity index (χ1) is 24.6. The number of esters is 2. The van der Waals surface area contributed by atoms with E-state index in [9.17, 15) is 49.5 Å². The van der Waals surface area contributed by atoms with Gasteiger partial charge in [0, 0.05) is 19.8 Å². The molecule has 0 spiro atoms. The lowest BCUT2D eigenvalue weighted by Crippen LogP contribution is -2.78. The van der Waals surface area contributed by atoms with E-state index in [1.807, 2.05) is 31.2 Å². The van der Waals surface area contributed by atoms with E-state index < -0.39 is 77.7 Å². The lowest BCUT2D eigenvalue weighted by atomic mass is 9.74. The molecule has 8 atom stereocenters. The van der Waals surface area contributed by atoms with Crippen molar-refractivity contribution in [1.82, 2.24) is 0 Å². The Hall–Kier alpha value is -3.85. The highest BCUT2D eigenvalue weighted by Crippen LogP contribution is 2.55. The van der Waals surface area contributed by atoms with E-state index >= 15 is 0 Å². The molecule has 14 heteroatoms. The summed E-state index contributed by atoms with van der Waals surface area (Å²) in [6.45, 7) is 5.36. The fraction of sp³-hybridized carbons (Fsp3) is 0.658. The van der Waals surface area contributed by atoms with Crippen molar-refractivity contribution >= 4 is 29.8 Å². The van der Waals surface area contributed by atoms with Crippen molar-refractivity contribution in [1.29, 1.82) is 0 Å². The van der Waals surface area contributed by atoms with Crippen LogP contribution in [-0.4, -0.2) is 96.8 Å². The Morgan fingerprint density at radius 2 is 1.60 bits per heavy atom. The summed E-state index contributed by atoms with van der Waals surface area (Å²) in [4.78, 5) is 62.7. The van der Waals surface area contributed by atoms with Crippen molar-refractivity contribution < 1.29 is 68.5 Å². The number of carboxylic acid groups (broad SMARTS) is 3. The maximum Gasteiger partial charge on any atom is 0.344 e. The first-order valence-corrected chi connectivity index (χ1v) is 18.2. The fourth-order valence-corrected chi connectivity index (χ4v) is 7.09. The quantitative estimate of drug-likeness (QED) is 0.0591. The van der Waals surface area contributed by atoms with Crippen molar-refractivity contribution in [2.45, 2.75) is 152 Å². The normalized spacial score (nSPS) is 27.9. The summed E-state index contributed by atoms with van der Waals surface area (Å²) in [5, 5.41) is 53.4. The predicted octanol–water partition coefficient (Wildman–Crippen LogP) is 4.57. The van der Waals surface area contributed by atoms with Crippen LogP contribution in [0.15, 0.2) is 42.5 Å². The van der Waals surface area contributed by atoms with Gasteiger partial charge in [-0.2, -0.15) is 0 Å². The van der Waals surface area contributed by atoms with Gasteiger partial charge in [0.05, 0.1) is 0 Å². The third-order valence-corrected chi connectivity index (χ3v) is 9.82. The highest BCUT2D eigenvalue weighted by Gasteiger charge is 2.85. The molecule has 14 nitrogen and oxygen atoms in total. The lowest BCUT2D eigenvalue weighted by Gasteiger charge is -2.48. The molecule has 2 aliphatic heterocycles. The van der Waals surface area contributed by atoms with Gasteiger partial charge < -0.3 is 44.5 Å². The molecule has 0 saturated carbocycles. The second kappa shape index (κ2) is 19.3. The summed E-state index contributed by atoms with van der Waals surface area (Å²) in [7, 11) is 0. The molecule has 5 N–H and O–H groups in total. The average molecular weight is 735 g/mol. The van der Waals surface area contributed by atoms with Crippen LogP contribution in [0.2, 0.25) is 0 Å². The maximum atomic E-state index is 13.1. The molecule has 2 heterocycles. The third kappa shape index (κ3) is 9.97. The molecule has 0 aromatic heterocycles. The molecule has 52 heavy (non-hydrogen) atoms. The van der Waals surface area contributed by atoms with Crippen molar-refractivity contribution in [3.8, 4) is 0 Å². The number of ether oxygens (including phenoxy) is 4. The number of carbonyl (C=O) groups is 5. The Kier molecular flexibility index (Phi) is 15.8. The maximum absolute atomic E-state index is 13.1. The van der Waals surface area contributed by atoms with E-state index in [4.69, 9.17) is 18.9 Å². The van der Waals surface area contributed by atoms with Gasteiger partial charge in [-0.05, 0) is 62.8 Å². The van der Waals surface area contributed by atoms with Gasteiger partial charge in [-0.3, -0.25) is 9.59 Å². The Balaban J connectivity index is 1.76. The topological polar surface area (TPSA) is 223 Å². The van der Waals surface area contributed by atoms with E-state index in [0.717, 1.165) is 51.4 Å². The number of fused-ring (bicyclic) bond motifs is 2. The minimum absolute atomic E-state index is 0.0203. The molecular formula is C38H54O14. The van der Waals surface area contributed by atoms with Crippen LogP contribution in [0.4, 0.5) is 0 Å². The van der Waals surface area contributed by atoms with Crippen LogP contribution in [0.25, 0.3) is 0 Å². The smallest absolute Gasteiger partial charge is 0.344 e. The van der Waals surface area contributed by atoms with Gasteiger partial charge in [-0.15, -0.1) is 0 Å². The molecule has 3 rings (SSSR count). The van der Waals surface area contributed by atoms with E-state index in [2.05, 4.69) is 19.1 Å². The molecule has 2 fully saturated rings. The van der Waals surface area contributed by atoms with Gasteiger partial charge in [0.2, 0.25) is 23.1 Å². The largest absolute Gasteiger partial charge is 0.479 e. The van der Waals surface area contributed by atoms with Crippen LogP contribution < -0.4 is 0 Å². The number of rotatable bonds is 23. The summed E-state index contributed by atoms with van der Waals surface area (Å²) in [5.41, 5.74) is -6.09. The Morgan fingerprint density at radius 3 is 2.21 bits per heavy atom. The SMILES string of the molecule is CCCCCCCC(CCCC12OC(C(=O)O)C(O)(C(=O)O)C(C(=O)O)(O1)[C@H](OC(=O)CC/C=C/C(C)CCCc1ccccc1)[C@H]2O)OC(C)=O. The van der Waals surface area contributed by atoms with Crippen molar-refractivity contribution in [2.75, 3.05) is 0 Å². The number of aliphatic hydroxyl groups excluding tert-OH is 1. The first kappa shape index (κ1) is 42.6. The zero-order valence-corrected chi connectivity index (χ0v) is 30.2. The standard InChI is InChI=1S/C38H54O14/c1-4-5-6-7-11-21-28(49-26(3)39)22-15-24-36-30(41)31(38(52-36,35(46)47)37(48,34(44)45)32(51-36)33(42)43)50-29(40)23-13-12-16-25(2)17-14-20-27-18-9-8-10-19-27/h8-10,12,16,18-19,25,28,30-32,41,48H,4-7,11,13-15,17,20-24H2,1-3H3,(H,42,43)(H,44,45)(H,46,47)/b16-12+/t25?,28?,30-,31-,32?,36?,37?,38?/m1/s1. The summed E-state index contributed by atoms with van der Waals surface area (Å²) >= 11 is 0. The van der Waals surface area contributed by atoms with E-state index in [0.29, 0.717) is 6.42 Å². The number of carboxylic acids is 3. The van der Waals surface area contributed by atoms with Crippen molar-refractivity contribution in [3.05, 3.63) is 48.0 Å². The molecular weight excluding hydrogens is 680 g/mol. The molecule has 0 aliphatic carbocycles. The molecule has 2 aliphatic rings. The highest BCUT2D eigenvalue weighted by atomic mass is 16.8. The van der Waals surface area contributed by atoms with Crippen molar-refractivity contribution in [3.63, 3.8) is 0 Å². The van der Waals surface area contributed by atoms with Crippen LogP contribution in [0.3, 0.4) is 0 Å². The van der Waals surface area contributed by atoms with Gasteiger partial charge in [0.1, 0.15) is 12.2 Å². The van der Waals surface area contributed by atoms with Crippen LogP contribution in [0.5, 0.6) is 0 Å². The van der Waals surface area contributed by atoms with E-state index in [-0.39, 0.29) is 31.6 Å². The number of aliphatic hydroxyl groups is 2. The second-order valence-electron chi connectivity index (χ2n) is 13.9. The molecule has 0 amide bonds. The van der Waals surface area contributed by atoms with Gasteiger partial charge in [0.25, 0.3) is 0 Å². The number of aliphatic carboxylic acids is 3. The van der Waals surface area contributed by atoms with Gasteiger partial charge in [-0.1, -0.05) is 82.0 Å². The van der Waals surface area contributed by atoms with Crippen molar-refractivity contribution in [2.24, 2.45) is 5.92 Å². The first-order valence-electron chi connectivity index (χ1n) is 18.2. The molecule has 6 unspecified atom stereocenters. The van der Waals surface area contributed by atoms with E-state index in [1.54, 1.807) is 6.08 Å².